The first-order valence-corrected chi connectivity index (χ1v) is 4.91. The first-order chi connectivity index (χ1) is 8.70. The van der Waals surface area contributed by atoms with Gasteiger partial charge in [-0.1, -0.05) is 40.6 Å². The van der Waals surface area contributed by atoms with Crippen LogP contribution in [0.2, 0.25) is 0 Å². The summed E-state index contributed by atoms with van der Waals surface area (Å²) in [6.45, 7) is -0.325. The summed E-state index contributed by atoms with van der Waals surface area (Å²) in [4.78, 5) is 17.3. The van der Waals surface area contributed by atoms with Crippen LogP contribution in [0.4, 0.5) is 0 Å². The lowest BCUT2D eigenvalue weighted by Gasteiger charge is -2.20. The van der Waals surface area contributed by atoms with E-state index in [0.29, 0.717) is 0 Å². The molecule has 1 aromatic rings. The number of nitrogens with zero attached hydrogens (tertiary/aromatic N) is 6. The number of benzene rings is 1. The minimum absolute atomic E-state index is 0.273. The Morgan fingerprint density at radius 3 is 2.28 bits per heavy atom. The predicted molar refractivity (Wildman–Crippen MR) is 63.7 cm³/mol. The number of ketones is 1. The molecule has 0 aromatic heterocycles. The molecule has 0 N–H and O–H groups in total. The van der Waals surface area contributed by atoms with Crippen molar-refractivity contribution in [3.63, 3.8) is 0 Å². The van der Waals surface area contributed by atoms with E-state index in [4.69, 9.17) is 15.8 Å². The van der Waals surface area contributed by atoms with E-state index in [2.05, 4.69) is 20.1 Å². The molecule has 0 aliphatic rings. The molecule has 0 saturated heterocycles. The molecular weight excluding hydrogens is 236 g/mol. The molecule has 0 heterocycles. The van der Waals surface area contributed by atoms with Gasteiger partial charge < -0.3 is 4.74 Å². The highest BCUT2D eigenvalue weighted by molar-refractivity contribution is 6.03. The van der Waals surface area contributed by atoms with Gasteiger partial charge in [0.05, 0.1) is 6.61 Å². The summed E-state index contributed by atoms with van der Waals surface area (Å²) in [5.41, 5.74) is 15.4. The van der Waals surface area contributed by atoms with Gasteiger partial charge in [0.2, 0.25) is 5.66 Å². The maximum Gasteiger partial charge on any atom is 0.212 e. The van der Waals surface area contributed by atoms with Crippen molar-refractivity contribution in [2.24, 2.45) is 10.2 Å². The molecule has 0 bridgehead atoms. The maximum absolute atomic E-state index is 12.2. The van der Waals surface area contributed by atoms with Gasteiger partial charge in [-0.2, -0.15) is 0 Å². The summed E-state index contributed by atoms with van der Waals surface area (Å²) < 4.78 is 4.80. The third kappa shape index (κ3) is 2.78. The predicted octanol–water partition coefficient (Wildman–Crippen LogP) is 2.83. The molecule has 1 rings (SSSR count). The highest BCUT2D eigenvalue weighted by Crippen LogP contribution is 2.21. The van der Waals surface area contributed by atoms with Crippen LogP contribution in [0.5, 0.6) is 0 Å². The van der Waals surface area contributed by atoms with Crippen molar-refractivity contribution in [2.75, 3.05) is 13.7 Å². The van der Waals surface area contributed by atoms with Crippen LogP contribution in [-0.2, 0) is 4.74 Å². The third-order valence-electron chi connectivity index (χ3n) is 2.17. The molecule has 0 aliphatic carbocycles. The van der Waals surface area contributed by atoms with Crippen LogP contribution in [0.15, 0.2) is 40.6 Å². The van der Waals surface area contributed by atoms with E-state index in [9.17, 15) is 4.79 Å². The van der Waals surface area contributed by atoms with Crippen molar-refractivity contribution in [3.05, 3.63) is 56.8 Å². The van der Waals surface area contributed by atoms with Crippen molar-refractivity contribution in [1.82, 2.24) is 0 Å². The van der Waals surface area contributed by atoms with Crippen LogP contribution in [0.25, 0.3) is 20.9 Å². The van der Waals surface area contributed by atoms with Crippen molar-refractivity contribution in [1.29, 1.82) is 0 Å². The Bertz CT molecular complexity index is 498. The minimum Gasteiger partial charge on any atom is -0.383 e. The molecule has 0 atom stereocenters. The van der Waals surface area contributed by atoms with Crippen molar-refractivity contribution < 1.29 is 9.53 Å². The standard InChI is InChI=1S/C10H10N6O2/c1-18-7-10(13-15-11,14-16-12)9(17)8-5-3-2-4-6-8/h2-6H,7H2,1H3. The summed E-state index contributed by atoms with van der Waals surface area (Å²) >= 11 is 0. The van der Waals surface area contributed by atoms with Crippen LogP contribution in [0, 0.1) is 0 Å². The number of carbonyl (C=O) groups is 1. The fourth-order valence-electron chi connectivity index (χ4n) is 1.40. The van der Waals surface area contributed by atoms with E-state index in [1.807, 2.05) is 0 Å². The summed E-state index contributed by atoms with van der Waals surface area (Å²) in [5, 5.41) is 6.59. The van der Waals surface area contributed by atoms with E-state index < -0.39 is 11.4 Å². The van der Waals surface area contributed by atoms with Crippen LogP contribution in [0.3, 0.4) is 0 Å². The monoisotopic (exact) mass is 246 g/mol. The lowest BCUT2D eigenvalue weighted by atomic mass is 10.00. The van der Waals surface area contributed by atoms with Gasteiger partial charge in [-0.05, 0) is 11.1 Å². The second kappa shape index (κ2) is 6.27. The highest BCUT2D eigenvalue weighted by Gasteiger charge is 2.37. The zero-order valence-electron chi connectivity index (χ0n) is 9.59. The molecule has 0 radical (unpaired) electrons. The van der Waals surface area contributed by atoms with E-state index >= 15 is 0 Å². The van der Waals surface area contributed by atoms with Gasteiger partial charge >= 0.3 is 0 Å². The summed E-state index contributed by atoms with van der Waals surface area (Å²) in [6.07, 6.45) is 0. The molecule has 0 spiro atoms. The minimum atomic E-state index is -1.93. The Morgan fingerprint density at radius 1 is 1.28 bits per heavy atom. The molecular formula is C10H10N6O2. The molecule has 1 aromatic carbocycles. The largest absolute Gasteiger partial charge is 0.383 e. The molecule has 0 aliphatic heterocycles. The number of rotatable bonds is 6. The van der Waals surface area contributed by atoms with Crippen molar-refractivity contribution in [3.8, 4) is 0 Å². The Hall–Kier alpha value is -2.53. The molecule has 8 nitrogen and oxygen atoms in total. The molecule has 0 saturated carbocycles. The number of hydrogen-bond donors (Lipinski definition) is 0. The van der Waals surface area contributed by atoms with Crippen LogP contribution in [0.1, 0.15) is 10.4 Å². The van der Waals surface area contributed by atoms with Gasteiger partial charge in [0.25, 0.3) is 0 Å². The van der Waals surface area contributed by atoms with Gasteiger partial charge in [0.1, 0.15) is 0 Å². The van der Waals surface area contributed by atoms with Gasteiger partial charge in [-0.3, -0.25) is 4.79 Å². The number of azide groups is 1. The smallest absolute Gasteiger partial charge is 0.212 e. The van der Waals surface area contributed by atoms with E-state index in [0.717, 1.165) is 0 Å². The first kappa shape index (κ1) is 13.5. The molecule has 0 fully saturated rings. The second-order valence-corrected chi connectivity index (χ2v) is 3.32. The van der Waals surface area contributed by atoms with E-state index in [-0.39, 0.29) is 12.2 Å². The van der Waals surface area contributed by atoms with E-state index in [1.165, 1.54) is 19.2 Å². The lowest BCUT2D eigenvalue weighted by molar-refractivity contribution is 0.0752. The number of ether oxygens (including phenoxy) is 1. The third-order valence-corrected chi connectivity index (χ3v) is 2.17. The molecule has 18 heavy (non-hydrogen) atoms. The summed E-state index contributed by atoms with van der Waals surface area (Å²) in [7, 11) is 1.31. The average molecular weight is 246 g/mol. The Morgan fingerprint density at radius 2 is 1.83 bits per heavy atom. The zero-order valence-corrected chi connectivity index (χ0v) is 9.59. The molecule has 0 unspecified atom stereocenters. The summed E-state index contributed by atoms with van der Waals surface area (Å²) in [5.74, 6) is -0.611. The molecule has 0 amide bonds. The Labute approximate surface area is 102 Å². The van der Waals surface area contributed by atoms with Gasteiger partial charge in [-0.15, -0.1) is 0 Å². The SMILES string of the molecule is COCC(N=[N+]=[N-])(N=[N+]=[N-])C(=O)c1ccccc1. The Kier molecular flexibility index (Phi) is 4.71. The van der Waals surface area contributed by atoms with Crippen LogP contribution >= 0.6 is 0 Å². The maximum atomic E-state index is 12.2. The number of carbonyl (C=O) groups excluding carboxylic acids is 1. The van der Waals surface area contributed by atoms with Crippen LogP contribution in [-0.4, -0.2) is 25.2 Å². The first-order valence-electron chi connectivity index (χ1n) is 4.91. The van der Waals surface area contributed by atoms with Crippen molar-refractivity contribution >= 4 is 5.78 Å². The highest BCUT2D eigenvalue weighted by atomic mass is 16.5. The Balaban J connectivity index is 3.29. The van der Waals surface area contributed by atoms with Gasteiger partial charge in [-0.25, -0.2) is 0 Å². The molecule has 92 valence electrons. The fourth-order valence-corrected chi connectivity index (χ4v) is 1.40. The van der Waals surface area contributed by atoms with Gasteiger partial charge in [0, 0.05) is 22.5 Å². The fraction of sp³-hybridized carbons (Fsp3) is 0.300. The van der Waals surface area contributed by atoms with Crippen LogP contribution < -0.4 is 0 Å². The average Bonchev–Trinajstić information content (AvgIpc) is 2.39. The van der Waals surface area contributed by atoms with Gasteiger partial charge in [0.15, 0.2) is 5.78 Å². The second-order valence-electron chi connectivity index (χ2n) is 3.32. The quantitative estimate of drug-likeness (QED) is 0.331. The lowest BCUT2D eigenvalue weighted by Crippen LogP contribution is -2.38. The number of methoxy groups -OCH3 is 1. The normalized spacial score (nSPS) is 12.7. The zero-order chi connectivity index (χ0) is 13.4. The molecule has 8 heteroatoms. The number of Topliss-reactive ketones (excluding diaryl/α,β-unsaturated/α-hetero) is 1. The topological polar surface area (TPSA) is 124 Å². The number of hydrogen-bond acceptors (Lipinski definition) is 4. The van der Waals surface area contributed by atoms with Crippen molar-refractivity contribution in [2.45, 2.75) is 5.66 Å². The van der Waals surface area contributed by atoms with E-state index in [1.54, 1.807) is 18.2 Å². The summed E-state index contributed by atoms with van der Waals surface area (Å²) in [6, 6.07) is 8.10.